The summed E-state index contributed by atoms with van der Waals surface area (Å²) in [4.78, 5) is 0.828. The smallest absolute Gasteiger partial charge is 0.0921 e. The van der Waals surface area contributed by atoms with E-state index < -0.39 is 10.8 Å². The molecule has 0 aromatic heterocycles. The molecule has 0 amide bonds. The Labute approximate surface area is 63.0 Å². The van der Waals surface area contributed by atoms with Crippen molar-refractivity contribution in [3.05, 3.63) is 11.0 Å². The highest BCUT2D eigenvalue weighted by molar-refractivity contribution is 7.89. The first kappa shape index (κ1) is 7.49. The van der Waals surface area contributed by atoms with Crippen LogP contribution in [0.25, 0.3) is 0 Å². The maximum atomic E-state index is 11.1. The molecule has 1 unspecified atom stereocenters. The number of allylic oxidation sites excluding steroid dienone is 2. The Bertz CT molecular complexity index is 214. The highest BCUT2D eigenvalue weighted by Gasteiger charge is 2.12. The summed E-state index contributed by atoms with van der Waals surface area (Å²) in [6, 6.07) is 1.91. The molecule has 3 heteroatoms. The topological polar surface area (TPSA) is 40.9 Å². The van der Waals surface area contributed by atoms with Gasteiger partial charge >= 0.3 is 0 Å². The molecular formula is C7H9NOS. The van der Waals surface area contributed by atoms with E-state index in [0.29, 0.717) is 0 Å². The van der Waals surface area contributed by atoms with Crippen molar-refractivity contribution in [1.82, 2.24) is 0 Å². The third-order valence-electron chi connectivity index (χ3n) is 1.52. The highest BCUT2D eigenvalue weighted by Crippen LogP contribution is 2.18. The fourth-order valence-corrected chi connectivity index (χ4v) is 2.27. The molecule has 0 aliphatic carbocycles. The van der Waals surface area contributed by atoms with Crippen molar-refractivity contribution < 1.29 is 4.21 Å². The van der Waals surface area contributed by atoms with Gasteiger partial charge in [-0.15, -0.1) is 0 Å². The minimum atomic E-state index is -0.839. The predicted octanol–water partition coefficient (Wildman–Crippen LogP) is 1.33. The lowest BCUT2D eigenvalue weighted by Gasteiger charge is -2.10. The van der Waals surface area contributed by atoms with E-state index in [1.807, 2.05) is 6.07 Å². The highest BCUT2D eigenvalue weighted by atomic mass is 32.2. The van der Waals surface area contributed by atoms with Gasteiger partial charge in [-0.05, 0) is 19.3 Å². The van der Waals surface area contributed by atoms with Crippen LogP contribution >= 0.6 is 0 Å². The second kappa shape index (κ2) is 3.52. The second-order valence-corrected chi connectivity index (χ2v) is 3.87. The van der Waals surface area contributed by atoms with Crippen molar-refractivity contribution in [1.29, 1.82) is 5.26 Å². The predicted molar refractivity (Wildman–Crippen MR) is 40.6 cm³/mol. The summed E-state index contributed by atoms with van der Waals surface area (Å²) >= 11 is 0. The molecule has 1 aliphatic rings. The minimum Gasteiger partial charge on any atom is -0.255 e. The van der Waals surface area contributed by atoms with Gasteiger partial charge in [0.05, 0.1) is 6.07 Å². The third kappa shape index (κ3) is 1.68. The average Bonchev–Trinajstić information content (AvgIpc) is 1.94. The first-order valence-corrected chi connectivity index (χ1v) is 4.63. The zero-order valence-electron chi connectivity index (χ0n) is 5.67. The molecule has 2 nitrogen and oxygen atoms in total. The molecule has 0 N–H and O–H groups in total. The SMILES string of the molecule is N#C/C=C1\CCCCS1=O. The maximum absolute atomic E-state index is 11.1. The van der Waals surface area contributed by atoms with E-state index in [0.717, 1.165) is 29.9 Å². The second-order valence-electron chi connectivity index (χ2n) is 2.25. The van der Waals surface area contributed by atoms with Crippen LogP contribution < -0.4 is 0 Å². The molecule has 0 saturated carbocycles. The van der Waals surface area contributed by atoms with Crippen molar-refractivity contribution >= 4 is 10.8 Å². The van der Waals surface area contributed by atoms with E-state index in [1.165, 1.54) is 6.08 Å². The van der Waals surface area contributed by atoms with Crippen LogP contribution in [0, 0.1) is 11.3 Å². The maximum Gasteiger partial charge on any atom is 0.0921 e. The van der Waals surface area contributed by atoms with E-state index in [2.05, 4.69) is 0 Å². The lowest BCUT2D eigenvalue weighted by molar-refractivity contribution is 0.670. The van der Waals surface area contributed by atoms with Gasteiger partial charge in [0.1, 0.15) is 0 Å². The van der Waals surface area contributed by atoms with Gasteiger partial charge in [0.15, 0.2) is 0 Å². The van der Waals surface area contributed by atoms with Crippen molar-refractivity contribution in [2.24, 2.45) is 0 Å². The van der Waals surface area contributed by atoms with Crippen LogP contribution in [0.15, 0.2) is 11.0 Å². The molecular weight excluding hydrogens is 146 g/mol. The molecule has 1 rings (SSSR count). The van der Waals surface area contributed by atoms with Crippen molar-refractivity contribution in [2.75, 3.05) is 5.75 Å². The Morgan fingerprint density at radius 2 is 2.40 bits per heavy atom. The Kier molecular flexibility index (Phi) is 2.64. The van der Waals surface area contributed by atoms with Gasteiger partial charge in [-0.2, -0.15) is 5.26 Å². The molecule has 0 radical (unpaired) electrons. The van der Waals surface area contributed by atoms with E-state index in [1.54, 1.807) is 0 Å². The minimum absolute atomic E-state index is 0.744. The number of hydrogen-bond donors (Lipinski definition) is 0. The van der Waals surface area contributed by atoms with Crippen LogP contribution in [-0.4, -0.2) is 9.96 Å². The van der Waals surface area contributed by atoms with Crippen LogP contribution in [-0.2, 0) is 10.8 Å². The molecule has 1 heterocycles. The summed E-state index contributed by atoms with van der Waals surface area (Å²) in [6.07, 6.45) is 4.39. The number of rotatable bonds is 0. The standard InChI is InChI=1S/C7H9NOS/c8-5-4-7-3-1-2-6-10(7)9/h4H,1-3,6H2/b7-4+. The number of nitriles is 1. The zero-order valence-corrected chi connectivity index (χ0v) is 6.49. The van der Waals surface area contributed by atoms with Gasteiger partial charge in [0.2, 0.25) is 0 Å². The molecule has 0 bridgehead atoms. The first-order chi connectivity index (χ1) is 4.84. The normalized spacial score (nSPS) is 29.9. The van der Waals surface area contributed by atoms with Gasteiger partial charge in [-0.25, -0.2) is 0 Å². The van der Waals surface area contributed by atoms with Gasteiger partial charge in [-0.3, -0.25) is 4.21 Å². The van der Waals surface area contributed by atoms with E-state index in [4.69, 9.17) is 5.26 Å². The monoisotopic (exact) mass is 155 g/mol. The van der Waals surface area contributed by atoms with Crippen molar-refractivity contribution in [3.63, 3.8) is 0 Å². The lowest BCUT2D eigenvalue weighted by Crippen LogP contribution is -2.06. The average molecular weight is 155 g/mol. The molecule has 0 aromatic carbocycles. The Balaban J connectivity index is 2.67. The van der Waals surface area contributed by atoms with E-state index >= 15 is 0 Å². The number of nitrogens with zero attached hydrogens (tertiary/aromatic N) is 1. The van der Waals surface area contributed by atoms with Gasteiger partial charge < -0.3 is 0 Å². The van der Waals surface area contributed by atoms with Crippen LogP contribution in [0.3, 0.4) is 0 Å². The molecule has 10 heavy (non-hydrogen) atoms. The molecule has 0 aromatic rings. The molecule has 1 aliphatic heterocycles. The Morgan fingerprint density at radius 3 is 3.00 bits per heavy atom. The fourth-order valence-electron chi connectivity index (χ4n) is 0.987. The van der Waals surface area contributed by atoms with Gasteiger partial charge in [0, 0.05) is 27.5 Å². The quantitative estimate of drug-likeness (QED) is 0.495. The van der Waals surface area contributed by atoms with Crippen LogP contribution in [0.2, 0.25) is 0 Å². The van der Waals surface area contributed by atoms with E-state index in [-0.39, 0.29) is 0 Å². The van der Waals surface area contributed by atoms with Gasteiger partial charge in [-0.1, -0.05) is 0 Å². The summed E-state index contributed by atoms with van der Waals surface area (Å²) in [7, 11) is -0.839. The van der Waals surface area contributed by atoms with E-state index in [9.17, 15) is 4.21 Å². The number of hydrogen-bond acceptors (Lipinski definition) is 2. The molecule has 1 atom stereocenters. The molecule has 0 spiro atoms. The molecule has 1 fully saturated rings. The van der Waals surface area contributed by atoms with Crippen LogP contribution in [0.4, 0.5) is 0 Å². The summed E-state index contributed by atoms with van der Waals surface area (Å²) in [5.41, 5.74) is 0. The lowest BCUT2D eigenvalue weighted by atomic mass is 10.2. The third-order valence-corrected chi connectivity index (χ3v) is 3.09. The Morgan fingerprint density at radius 1 is 1.60 bits per heavy atom. The fraction of sp³-hybridized carbons (Fsp3) is 0.571. The summed E-state index contributed by atoms with van der Waals surface area (Å²) in [6.45, 7) is 0. The summed E-state index contributed by atoms with van der Waals surface area (Å²) in [5.74, 6) is 0.744. The van der Waals surface area contributed by atoms with Crippen molar-refractivity contribution in [2.45, 2.75) is 19.3 Å². The largest absolute Gasteiger partial charge is 0.255 e. The first-order valence-electron chi connectivity index (χ1n) is 3.31. The van der Waals surface area contributed by atoms with Gasteiger partial charge in [0.25, 0.3) is 0 Å². The zero-order chi connectivity index (χ0) is 7.40. The van der Waals surface area contributed by atoms with Crippen molar-refractivity contribution in [3.8, 4) is 6.07 Å². The molecule has 54 valence electrons. The van der Waals surface area contributed by atoms with Crippen LogP contribution in [0.1, 0.15) is 19.3 Å². The Hall–Kier alpha value is -0.620. The summed E-state index contributed by atoms with van der Waals surface area (Å²) in [5, 5.41) is 8.28. The van der Waals surface area contributed by atoms with Crippen LogP contribution in [0.5, 0.6) is 0 Å². The summed E-state index contributed by atoms with van der Waals surface area (Å²) < 4.78 is 11.1. The molecule has 1 saturated heterocycles.